The molecule has 0 radical (unpaired) electrons. The summed E-state index contributed by atoms with van der Waals surface area (Å²) in [6.45, 7) is 28.0. The minimum absolute atomic E-state index is 0.327. The fourth-order valence-corrected chi connectivity index (χ4v) is 6.95. The Morgan fingerprint density at radius 3 is 1.33 bits per heavy atom. The third-order valence-electron chi connectivity index (χ3n) is 7.49. The molecule has 3 aromatic rings. The van der Waals surface area contributed by atoms with E-state index in [1.54, 1.807) is 0 Å². The van der Waals surface area contributed by atoms with E-state index in [0.29, 0.717) is 5.04 Å². The van der Waals surface area contributed by atoms with Crippen LogP contribution in [0, 0.1) is 0 Å². The molecule has 3 rings (SSSR count). The number of hydrogen-bond acceptors (Lipinski definition) is 0. The summed E-state index contributed by atoms with van der Waals surface area (Å²) in [5, 5.41) is 3.30. The molecule has 0 heterocycles. The molecule has 0 saturated heterocycles. The van der Waals surface area contributed by atoms with Gasteiger partial charge >= 0.3 is 0 Å². The van der Waals surface area contributed by atoms with Crippen molar-refractivity contribution in [3.05, 3.63) is 108 Å². The molecule has 0 aliphatic rings. The van der Waals surface area contributed by atoms with E-state index < -0.39 is 16.1 Å². The SMILES string of the molecule is C=C(c1ccc([Si](C)(C)C)cc1)c1cccc(C(=C)c2ccc([Si](C)(C)C(C)(C)C)cc2)c1. The molecule has 0 nitrogen and oxygen atoms in total. The zero-order valence-corrected chi connectivity index (χ0v) is 23.8. The zero-order chi connectivity index (χ0) is 24.6. The van der Waals surface area contributed by atoms with E-state index in [1.165, 1.54) is 21.5 Å². The summed E-state index contributed by atoms with van der Waals surface area (Å²) in [6, 6.07) is 26.7. The smallest absolute Gasteiger partial charge is 0.0859 e. The molecule has 0 fully saturated rings. The summed E-state index contributed by atoms with van der Waals surface area (Å²) in [5.41, 5.74) is 6.76. The molecule has 0 aliphatic carbocycles. The van der Waals surface area contributed by atoms with Gasteiger partial charge in [-0.05, 0) is 44.5 Å². The van der Waals surface area contributed by atoms with Gasteiger partial charge in [-0.15, -0.1) is 0 Å². The van der Waals surface area contributed by atoms with Crippen LogP contribution in [0.15, 0.2) is 86.0 Å². The molecule has 0 saturated carbocycles. The van der Waals surface area contributed by atoms with Crippen LogP contribution in [0.5, 0.6) is 0 Å². The predicted molar refractivity (Wildman–Crippen MR) is 155 cm³/mol. The van der Waals surface area contributed by atoms with Crippen LogP contribution in [-0.2, 0) is 0 Å². The van der Waals surface area contributed by atoms with Crippen LogP contribution in [0.2, 0.25) is 37.8 Å². The Morgan fingerprint density at radius 2 is 0.970 bits per heavy atom. The van der Waals surface area contributed by atoms with Crippen molar-refractivity contribution in [2.75, 3.05) is 0 Å². The van der Waals surface area contributed by atoms with Crippen molar-refractivity contribution >= 4 is 37.7 Å². The molecule has 0 N–H and O–H groups in total. The van der Waals surface area contributed by atoms with Crippen LogP contribution in [0.4, 0.5) is 0 Å². The Hall–Kier alpha value is -2.43. The summed E-state index contributed by atoms with van der Waals surface area (Å²) in [6.07, 6.45) is 0. The molecule has 0 spiro atoms. The Morgan fingerprint density at radius 1 is 0.576 bits per heavy atom. The first-order valence-corrected chi connectivity index (χ1v) is 18.4. The van der Waals surface area contributed by atoms with Crippen molar-refractivity contribution in [3.8, 4) is 0 Å². The van der Waals surface area contributed by atoms with E-state index in [2.05, 4.69) is 139 Å². The average molecular weight is 469 g/mol. The van der Waals surface area contributed by atoms with Crippen molar-refractivity contribution in [1.82, 2.24) is 0 Å². The number of benzene rings is 3. The molecule has 0 bridgehead atoms. The minimum Gasteiger partial charge on any atom is -0.0906 e. The lowest BCUT2D eigenvalue weighted by Crippen LogP contribution is -2.49. The van der Waals surface area contributed by atoms with E-state index in [0.717, 1.165) is 22.3 Å². The van der Waals surface area contributed by atoms with E-state index >= 15 is 0 Å². The van der Waals surface area contributed by atoms with Gasteiger partial charge in [-0.3, -0.25) is 0 Å². The molecular formula is C31H40Si2. The maximum atomic E-state index is 4.43. The van der Waals surface area contributed by atoms with E-state index in [4.69, 9.17) is 0 Å². The van der Waals surface area contributed by atoms with Crippen molar-refractivity contribution in [2.24, 2.45) is 0 Å². The van der Waals surface area contributed by atoms with Crippen molar-refractivity contribution < 1.29 is 0 Å². The van der Waals surface area contributed by atoms with E-state index in [9.17, 15) is 0 Å². The first kappa shape index (κ1) is 25.2. The summed E-state index contributed by atoms with van der Waals surface area (Å²) < 4.78 is 0. The lowest BCUT2D eigenvalue weighted by Gasteiger charge is -2.37. The monoisotopic (exact) mass is 468 g/mol. The van der Waals surface area contributed by atoms with Gasteiger partial charge in [-0.25, -0.2) is 0 Å². The van der Waals surface area contributed by atoms with Gasteiger partial charge in [-0.2, -0.15) is 0 Å². The molecule has 0 aliphatic heterocycles. The highest BCUT2D eigenvalue weighted by Gasteiger charge is 2.36. The Kier molecular flexibility index (Phi) is 6.93. The maximum Gasteiger partial charge on any atom is 0.0859 e. The molecule has 2 heteroatoms. The van der Waals surface area contributed by atoms with Crippen molar-refractivity contribution in [2.45, 2.75) is 58.5 Å². The largest absolute Gasteiger partial charge is 0.0906 e. The second-order valence-electron chi connectivity index (χ2n) is 11.8. The van der Waals surface area contributed by atoms with E-state index in [1.807, 2.05) is 0 Å². The topological polar surface area (TPSA) is 0 Å². The molecule has 0 amide bonds. The third-order valence-corrected chi connectivity index (χ3v) is 15.1. The van der Waals surface area contributed by atoms with Crippen molar-refractivity contribution in [3.63, 3.8) is 0 Å². The maximum absolute atomic E-state index is 4.43. The van der Waals surface area contributed by atoms with E-state index in [-0.39, 0.29) is 0 Å². The van der Waals surface area contributed by atoms with Crippen LogP contribution in [0.25, 0.3) is 11.1 Å². The summed E-state index contributed by atoms with van der Waals surface area (Å²) in [5.74, 6) is 0. The zero-order valence-electron chi connectivity index (χ0n) is 21.8. The van der Waals surface area contributed by atoms with Gasteiger partial charge < -0.3 is 0 Å². The summed E-state index contributed by atoms with van der Waals surface area (Å²) in [7, 11) is -2.83. The molecule has 172 valence electrons. The first-order chi connectivity index (χ1) is 15.2. The summed E-state index contributed by atoms with van der Waals surface area (Å²) in [4.78, 5) is 0. The molecule has 0 aromatic heterocycles. The van der Waals surface area contributed by atoms with Crippen LogP contribution in [0.1, 0.15) is 43.0 Å². The quantitative estimate of drug-likeness (QED) is 0.321. The van der Waals surface area contributed by atoms with Gasteiger partial charge in [-0.1, -0.05) is 144 Å². The molecule has 3 aromatic carbocycles. The average Bonchev–Trinajstić information content (AvgIpc) is 2.77. The lowest BCUT2D eigenvalue weighted by atomic mass is 9.94. The van der Waals surface area contributed by atoms with Crippen LogP contribution in [0.3, 0.4) is 0 Å². The molecule has 0 atom stereocenters. The minimum atomic E-state index is -1.53. The van der Waals surface area contributed by atoms with Crippen LogP contribution in [-0.4, -0.2) is 16.1 Å². The van der Waals surface area contributed by atoms with Gasteiger partial charge in [0, 0.05) is 0 Å². The second kappa shape index (κ2) is 9.08. The predicted octanol–water partition coefficient (Wildman–Crippen LogP) is 8.07. The van der Waals surface area contributed by atoms with Gasteiger partial charge in [0.15, 0.2) is 0 Å². The van der Waals surface area contributed by atoms with Gasteiger partial charge in [0.2, 0.25) is 0 Å². The fourth-order valence-electron chi connectivity index (χ4n) is 3.92. The second-order valence-corrected chi connectivity index (χ2v) is 22.2. The summed E-state index contributed by atoms with van der Waals surface area (Å²) >= 11 is 0. The Labute approximate surface area is 204 Å². The van der Waals surface area contributed by atoms with Crippen LogP contribution >= 0.6 is 0 Å². The fraction of sp³-hybridized carbons (Fsp3) is 0.290. The van der Waals surface area contributed by atoms with Crippen molar-refractivity contribution in [1.29, 1.82) is 0 Å². The standard InChI is InChI=1S/C31H40Si2/c1-23(25-14-18-29(19-15-25)32(6,7)8)27-12-11-13-28(22-27)24(2)26-16-20-30(21-17-26)33(9,10)31(3,4)5/h11-22H,1-2H2,3-10H3. The Balaban J connectivity index is 1.84. The molecule has 33 heavy (non-hydrogen) atoms. The third kappa shape index (κ3) is 5.39. The van der Waals surface area contributed by atoms with Gasteiger partial charge in [0.1, 0.15) is 0 Å². The van der Waals surface area contributed by atoms with Gasteiger partial charge in [0.25, 0.3) is 0 Å². The lowest BCUT2D eigenvalue weighted by molar-refractivity contribution is 0.729. The van der Waals surface area contributed by atoms with Gasteiger partial charge in [0.05, 0.1) is 16.1 Å². The number of rotatable bonds is 6. The first-order valence-electron chi connectivity index (χ1n) is 11.9. The highest BCUT2D eigenvalue weighted by molar-refractivity contribution is 6.92. The highest BCUT2D eigenvalue weighted by atomic mass is 28.3. The number of hydrogen-bond donors (Lipinski definition) is 0. The molecular weight excluding hydrogens is 429 g/mol. The normalized spacial score (nSPS) is 12.5. The molecule has 0 unspecified atom stereocenters. The van der Waals surface area contributed by atoms with Crippen LogP contribution < -0.4 is 10.4 Å². The Bertz CT molecular complexity index is 1150. The highest BCUT2D eigenvalue weighted by Crippen LogP contribution is 2.36.